The van der Waals surface area contributed by atoms with Gasteiger partial charge in [-0.2, -0.15) is 0 Å². The van der Waals surface area contributed by atoms with Gasteiger partial charge < -0.3 is 5.11 Å². The van der Waals surface area contributed by atoms with Gasteiger partial charge in [-0.1, -0.05) is 30.7 Å². The third-order valence-corrected chi connectivity index (χ3v) is 6.90. The van der Waals surface area contributed by atoms with E-state index >= 15 is 0 Å². The molecule has 0 amide bonds. The Bertz CT molecular complexity index is 834. The van der Waals surface area contributed by atoms with Gasteiger partial charge in [0, 0.05) is 35.7 Å². The van der Waals surface area contributed by atoms with E-state index in [1.165, 1.54) is 16.0 Å². The van der Waals surface area contributed by atoms with Crippen LogP contribution in [-0.2, 0) is 11.2 Å². The highest BCUT2D eigenvalue weighted by molar-refractivity contribution is 7.14. The SMILES string of the molecule is CCc1ccsc1C(=CCCN1CCC=C(C(=O)O)C1)c1sccc1Cl. The summed E-state index contributed by atoms with van der Waals surface area (Å²) in [6.07, 6.45) is 6.78. The van der Waals surface area contributed by atoms with Crippen LogP contribution in [0.1, 0.15) is 35.1 Å². The van der Waals surface area contributed by atoms with Gasteiger partial charge in [-0.05, 0) is 47.7 Å². The molecule has 0 saturated carbocycles. The van der Waals surface area contributed by atoms with E-state index in [2.05, 4.69) is 29.3 Å². The topological polar surface area (TPSA) is 40.5 Å². The maximum atomic E-state index is 11.2. The van der Waals surface area contributed by atoms with Gasteiger partial charge in [-0.3, -0.25) is 4.90 Å². The number of aliphatic carboxylic acids is 1. The van der Waals surface area contributed by atoms with Crippen LogP contribution in [0.4, 0.5) is 0 Å². The average molecular weight is 408 g/mol. The summed E-state index contributed by atoms with van der Waals surface area (Å²) >= 11 is 9.85. The Balaban J connectivity index is 1.77. The number of carboxylic acid groups (broad SMARTS) is 1. The van der Waals surface area contributed by atoms with Crippen molar-refractivity contribution in [3.05, 3.63) is 61.0 Å². The fourth-order valence-electron chi connectivity index (χ4n) is 3.17. The summed E-state index contributed by atoms with van der Waals surface area (Å²) in [5, 5.41) is 14.2. The summed E-state index contributed by atoms with van der Waals surface area (Å²) in [6.45, 7) is 4.47. The molecule has 26 heavy (non-hydrogen) atoms. The minimum Gasteiger partial charge on any atom is -0.478 e. The summed E-state index contributed by atoms with van der Waals surface area (Å²) in [5.41, 5.74) is 3.07. The highest BCUT2D eigenvalue weighted by Gasteiger charge is 2.18. The summed E-state index contributed by atoms with van der Waals surface area (Å²) in [7, 11) is 0. The standard InChI is InChI=1S/C20H22ClNO2S2/c1-2-14-7-11-25-18(14)16(19-17(21)8-12-26-19)6-4-10-22-9-3-5-15(13-22)20(23)24/h5-8,11-12H,2-4,9-10,13H2,1H3,(H,23,24). The first-order valence-corrected chi connectivity index (χ1v) is 10.9. The Hall–Kier alpha value is -1.40. The maximum absolute atomic E-state index is 11.2. The lowest BCUT2D eigenvalue weighted by atomic mass is 10.1. The molecule has 0 atom stereocenters. The quantitative estimate of drug-likeness (QED) is 0.652. The van der Waals surface area contributed by atoms with Crippen LogP contribution in [-0.4, -0.2) is 35.6 Å². The minimum atomic E-state index is -0.803. The van der Waals surface area contributed by atoms with Crippen LogP contribution in [0.3, 0.4) is 0 Å². The lowest BCUT2D eigenvalue weighted by Crippen LogP contribution is -2.32. The van der Waals surface area contributed by atoms with Gasteiger partial charge >= 0.3 is 5.97 Å². The molecule has 0 fully saturated rings. The summed E-state index contributed by atoms with van der Waals surface area (Å²) in [5.74, 6) is -0.803. The molecule has 138 valence electrons. The Morgan fingerprint density at radius 2 is 2.08 bits per heavy atom. The first kappa shape index (κ1) is 19.4. The molecule has 0 spiro atoms. The number of aryl methyl sites for hydroxylation is 1. The second-order valence-electron chi connectivity index (χ2n) is 6.23. The second-order valence-corrected chi connectivity index (χ2v) is 8.47. The van der Waals surface area contributed by atoms with E-state index in [1.807, 2.05) is 17.5 Å². The van der Waals surface area contributed by atoms with Gasteiger partial charge in [0.25, 0.3) is 0 Å². The molecule has 3 rings (SSSR count). The third kappa shape index (κ3) is 4.46. The Morgan fingerprint density at radius 3 is 2.77 bits per heavy atom. The van der Waals surface area contributed by atoms with E-state index in [0.717, 1.165) is 42.3 Å². The van der Waals surface area contributed by atoms with E-state index < -0.39 is 5.97 Å². The number of rotatable bonds is 7. The number of carbonyl (C=O) groups is 1. The van der Waals surface area contributed by atoms with E-state index in [1.54, 1.807) is 22.7 Å². The molecule has 2 aromatic heterocycles. The largest absolute Gasteiger partial charge is 0.478 e. The van der Waals surface area contributed by atoms with E-state index in [-0.39, 0.29) is 0 Å². The van der Waals surface area contributed by atoms with Crippen molar-refractivity contribution in [3.63, 3.8) is 0 Å². The van der Waals surface area contributed by atoms with Crippen molar-refractivity contribution in [2.24, 2.45) is 0 Å². The van der Waals surface area contributed by atoms with Gasteiger partial charge in [0.05, 0.1) is 9.90 Å². The molecule has 0 aliphatic carbocycles. The van der Waals surface area contributed by atoms with Crippen LogP contribution in [0.2, 0.25) is 5.02 Å². The summed E-state index contributed by atoms with van der Waals surface area (Å²) < 4.78 is 0. The molecular formula is C20H22ClNO2S2. The molecule has 2 aromatic rings. The molecule has 1 aliphatic rings. The fourth-order valence-corrected chi connectivity index (χ4v) is 5.48. The zero-order valence-corrected chi connectivity index (χ0v) is 17.1. The Kier molecular flexibility index (Phi) is 6.70. The molecule has 0 saturated heterocycles. The molecule has 6 heteroatoms. The van der Waals surface area contributed by atoms with Crippen LogP contribution in [0, 0.1) is 0 Å². The fraction of sp³-hybridized carbons (Fsp3) is 0.350. The minimum absolute atomic E-state index is 0.508. The van der Waals surface area contributed by atoms with Crippen LogP contribution >= 0.6 is 34.3 Å². The van der Waals surface area contributed by atoms with Crippen molar-refractivity contribution in [2.75, 3.05) is 19.6 Å². The van der Waals surface area contributed by atoms with E-state index in [9.17, 15) is 9.90 Å². The average Bonchev–Trinajstić information content (AvgIpc) is 3.28. The van der Waals surface area contributed by atoms with E-state index in [4.69, 9.17) is 11.6 Å². The van der Waals surface area contributed by atoms with Crippen molar-refractivity contribution >= 4 is 45.8 Å². The molecule has 0 bridgehead atoms. The van der Waals surface area contributed by atoms with Gasteiger partial charge in [0.15, 0.2) is 0 Å². The number of hydrogen-bond donors (Lipinski definition) is 1. The third-order valence-electron chi connectivity index (χ3n) is 4.53. The Morgan fingerprint density at radius 1 is 1.31 bits per heavy atom. The van der Waals surface area contributed by atoms with Crippen molar-refractivity contribution in [2.45, 2.75) is 26.2 Å². The second kappa shape index (κ2) is 9.00. The molecule has 0 unspecified atom stereocenters. The lowest BCUT2D eigenvalue weighted by Gasteiger charge is -2.25. The predicted octanol–water partition coefficient (Wildman–Crippen LogP) is 5.56. The molecule has 0 aromatic carbocycles. The van der Waals surface area contributed by atoms with Crippen LogP contribution in [0.25, 0.3) is 5.57 Å². The number of thiophene rings is 2. The zero-order chi connectivity index (χ0) is 18.5. The van der Waals surface area contributed by atoms with Crippen LogP contribution in [0.15, 0.2) is 40.6 Å². The lowest BCUT2D eigenvalue weighted by molar-refractivity contribution is -0.133. The molecular weight excluding hydrogens is 386 g/mol. The number of hydrogen-bond acceptors (Lipinski definition) is 4. The van der Waals surface area contributed by atoms with Gasteiger partial charge in [0.2, 0.25) is 0 Å². The van der Waals surface area contributed by atoms with Crippen molar-refractivity contribution < 1.29 is 9.90 Å². The molecule has 1 aliphatic heterocycles. The number of halogens is 1. The monoisotopic (exact) mass is 407 g/mol. The van der Waals surface area contributed by atoms with Gasteiger partial charge in [-0.15, -0.1) is 22.7 Å². The van der Waals surface area contributed by atoms with Crippen LogP contribution in [0.5, 0.6) is 0 Å². The molecule has 0 radical (unpaired) electrons. The first-order valence-electron chi connectivity index (χ1n) is 8.75. The maximum Gasteiger partial charge on any atom is 0.332 e. The first-order chi connectivity index (χ1) is 12.6. The predicted molar refractivity (Wildman–Crippen MR) is 111 cm³/mol. The van der Waals surface area contributed by atoms with Crippen molar-refractivity contribution in [3.8, 4) is 0 Å². The molecule has 3 heterocycles. The summed E-state index contributed by atoms with van der Waals surface area (Å²) in [6, 6.07) is 4.13. The number of nitrogens with zero attached hydrogens (tertiary/aromatic N) is 1. The highest BCUT2D eigenvalue weighted by Crippen LogP contribution is 2.38. The number of carboxylic acids is 1. The van der Waals surface area contributed by atoms with Crippen LogP contribution < -0.4 is 0 Å². The smallest absolute Gasteiger partial charge is 0.332 e. The molecule has 3 nitrogen and oxygen atoms in total. The van der Waals surface area contributed by atoms with Crippen molar-refractivity contribution in [1.82, 2.24) is 4.90 Å². The van der Waals surface area contributed by atoms with E-state index in [0.29, 0.717) is 12.1 Å². The summed E-state index contributed by atoms with van der Waals surface area (Å²) in [4.78, 5) is 15.8. The highest BCUT2D eigenvalue weighted by atomic mass is 35.5. The van der Waals surface area contributed by atoms with Gasteiger partial charge in [-0.25, -0.2) is 4.79 Å². The van der Waals surface area contributed by atoms with Crippen molar-refractivity contribution in [1.29, 1.82) is 0 Å². The van der Waals surface area contributed by atoms with Gasteiger partial charge in [0.1, 0.15) is 0 Å². The zero-order valence-electron chi connectivity index (χ0n) is 14.7. The Labute approximate surface area is 167 Å². The normalized spacial score (nSPS) is 15.9. The molecule has 1 N–H and O–H groups in total.